The second-order valence-electron chi connectivity index (χ2n) is 7.53. The lowest BCUT2D eigenvalue weighted by molar-refractivity contribution is 0.602. The third kappa shape index (κ3) is 3.48. The Bertz CT molecular complexity index is 1520. The summed E-state index contributed by atoms with van der Waals surface area (Å²) in [7, 11) is -3.25. The lowest BCUT2D eigenvalue weighted by atomic mass is 10.1. The van der Waals surface area contributed by atoms with Gasteiger partial charge in [-0.2, -0.15) is 10.2 Å². The van der Waals surface area contributed by atoms with Crippen LogP contribution in [0.1, 0.15) is 12.6 Å². The molecule has 8 heteroatoms. The van der Waals surface area contributed by atoms with Gasteiger partial charge in [-0.15, -0.1) is 0 Å². The van der Waals surface area contributed by atoms with Crippen LogP contribution >= 0.6 is 0 Å². The molecule has 3 aromatic heterocycles. The van der Waals surface area contributed by atoms with Crippen LogP contribution in [0.25, 0.3) is 33.7 Å². The molecule has 0 atom stereocenters. The fraction of sp³-hybridized carbons (Fsp3) is 0.125. The van der Waals surface area contributed by atoms with Gasteiger partial charge in [-0.1, -0.05) is 25.1 Å². The third-order valence-corrected chi connectivity index (χ3v) is 6.54. The summed E-state index contributed by atoms with van der Waals surface area (Å²) in [6.07, 6.45) is 5.51. The Labute approximate surface area is 185 Å². The van der Waals surface area contributed by atoms with Gasteiger partial charge in [0.05, 0.1) is 33.7 Å². The fourth-order valence-corrected chi connectivity index (χ4v) is 4.45. The van der Waals surface area contributed by atoms with Crippen LogP contribution < -0.4 is 0 Å². The van der Waals surface area contributed by atoms with E-state index in [-0.39, 0.29) is 4.90 Å². The van der Waals surface area contributed by atoms with Gasteiger partial charge in [0, 0.05) is 23.4 Å². The molecule has 2 aromatic carbocycles. The first-order valence-electron chi connectivity index (χ1n) is 10.2. The molecule has 7 nitrogen and oxygen atoms in total. The zero-order chi connectivity index (χ0) is 22.3. The summed E-state index contributed by atoms with van der Waals surface area (Å²) in [5.74, 6) is 0.763. The van der Waals surface area contributed by atoms with Crippen molar-refractivity contribution in [2.45, 2.75) is 18.2 Å². The fourth-order valence-electron chi connectivity index (χ4n) is 3.82. The summed E-state index contributed by atoms with van der Waals surface area (Å²) in [6.45, 7) is 2.09. The quantitative estimate of drug-likeness (QED) is 0.406. The summed E-state index contributed by atoms with van der Waals surface area (Å²) < 4.78 is 27.2. The van der Waals surface area contributed by atoms with Crippen LogP contribution in [0.3, 0.4) is 0 Å². The summed E-state index contributed by atoms with van der Waals surface area (Å²) in [4.78, 5) is 4.75. The van der Waals surface area contributed by atoms with E-state index in [0.29, 0.717) is 0 Å². The number of aryl methyl sites for hydroxylation is 1. The van der Waals surface area contributed by atoms with Crippen LogP contribution in [-0.2, 0) is 16.3 Å². The summed E-state index contributed by atoms with van der Waals surface area (Å²) >= 11 is 0. The van der Waals surface area contributed by atoms with E-state index in [4.69, 9.17) is 5.10 Å². The molecule has 0 saturated carbocycles. The molecule has 0 aliphatic heterocycles. The topological polar surface area (TPSA) is 82.7 Å². The molecule has 0 N–H and O–H groups in total. The molecule has 0 saturated heterocycles. The van der Waals surface area contributed by atoms with E-state index in [9.17, 15) is 8.42 Å². The van der Waals surface area contributed by atoms with Crippen molar-refractivity contribution < 1.29 is 8.42 Å². The van der Waals surface area contributed by atoms with Crippen molar-refractivity contribution in [3.05, 3.63) is 84.8 Å². The van der Waals surface area contributed by atoms with Crippen molar-refractivity contribution >= 4 is 20.7 Å². The SMILES string of the molecule is CCc1nn(-c2ccccn2)c2cc(-c3ccnn3-c3ccc(S(C)(=O)=O)cc3)ccc12. The molecule has 160 valence electrons. The lowest BCUT2D eigenvalue weighted by Crippen LogP contribution is -2.02. The second kappa shape index (κ2) is 7.72. The Kier molecular flexibility index (Phi) is 4.86. The van der Waals surface area contributed by atoms with E-state index in [2.05, 4.69) is 35.2 Å². The highest BCUT2D eigenvalue weighted by molar-refractivity contribution is 7.90. The van der Waals surface area contributed by atoms with E-state index >= 15 is 0 Å². The first kappa shape index (κ1) is 20.1. The van der Waals surface area contributed by atoms with Crippen LogP contribution in [0.4, 0.5) is 0 Å². The van der Waals surface area contributed by atoms with E-state index < -0.39 is 9.84 Å². The molecule has 0 radical (unpaired) electrons. The van der Waals surface area contributed by atoms with Gasteiger partial charge in [0.1, 0.15) is 0 Å². The molecule has 0 aliphatic rings. The minimum absolute atomic E-state index is 0.280. The number of rotatable bonds is 5. The normalized spacial score (nSPS) is 11.8. The van der Waals surface area contributed by atoms with Gasteiger partial charge >= 0.3 is 0 Å². The van der Waals surface area contributed by atoms with Crippen molar-refractivity contribution in [1.82, 2.24) is 24.5 Å². The van der Waals surface area contributed by atoms with E-state index in [1.165, 1.54) is 6.26 Å². The highest BCUT2D eigenvalue weighted by atomic mass is 32.2. The Morgan fingerprint density at radius 3 is 2.41 bits per heavy atom. The molecule has 0 unspecified atom stereocenters. The molecule has 0 fully saturated rings. The maximum absolute atomic E-state index is 11.8. The number of hydrogen-bond donors (Lipinski definition) is 0. The summed E-state index contributed by atoms with van der Waals surface area (Å²) in [6, 6.07) is 20.7. The van der Waals surface area contributed by atoms with Crippen molar-refractivity contribution in [1.29, 1.82) is 0 Å². The van der Waals surface area contributed by atoms with Crippen molar-refractivity contribution in [3.63, 3.8) is 0 Å². The molecule has 0 aliphatic carbocycles. The zero-order valence-electron chi connectivity index (χ0n) is 17.7. The monoisotopic (exact) mass is 443 g/mol. The first-order valence-corrected chi connectivity index (χ1v) is 12.1. The van der Waals surface area contributed by atoms with Crippen LogP contribution in [0.2, 0.25) is 0 Å². The number of hydrogen-bond acceptors (Lipinski definition) is 5. The molecular weight excluding hydrogens is 422 g/mol. The Morgan fingerprint density at radius 1 is 0.906 bits per heavy atom. The minimum Gasteiger partial charge on any atom is -0.237 e. The molecule has 0 spiro atoms. The van der Waals surface area contributed by atoms with Crippen molar-refractivity contribution in [2.24, 2.45) is 0 Å². The number of benzene rings is 2. The van der Waals surface area contributed by atoms with E-state index in [1.807, 2.05) is 28.9 Å². The Morgan fingerprint density at radius 2 is 1.72 bits per heavy atom. The molecule has 5 aromatic rings. The van der Waals surface area contributed by atoms with Crippen molar-refractivity contribution in [3.8, 4) is 22.8 Å². The first-order chi connectivity index (χ1) is 15.5. The average molecular weight is 444 g/mol. The van der Waals surface area contributed by atoms with Gasteiger partial charge in [-0.05, 0) is 55.0 Å². The standard InChI is InChI=1S/C24H21N5O2S/c1-3-21-20-12-7-17(16-23(20)29(27-21)24-6-4-5-14-25-24)22-13-15-26-28(22)18-8-10-19(11-9-18)32(2,30)31/h4-16H,3H2,1-2H3. The lowest BCUT2D eigenvalue weighted by Gasteiger charge is -2.09. The highest BCUT2D eigenvalue weighted by Gasteiger charge is 2.15. The van der Waals surface area contributed by atoms with Gasteiger partial charge in [0.25, 0.3) is 0 Å². The Hall–Kier alpha value is -3.78. The molecule has 0 bridgehead atoms. The van der Waals surface area contributed by atoms with Crippen LogP contribution in [0, 0.1) is 0 Å². The number of pyridine rings is 1. The molecular formula is C24H21N5O2S. The maximum atomic E-state index is 11.8. The number of fused-ring (bicyclic) bond motifs is 1. The summed E-state index contributed by atoms with van der Waals surface area (Å²) in [5.41, 5.74) is 4.64. The van der Waals surface area contributed by atoms with Crippen molar-refractivity contribution in [2.75, 3.05) is 6.26 Å². The van der Waals surface area contributed by atoms with Crippen LogP contribution in [-0.4, -0.2) is 39.2 Å². The smallest absolute Gasteiger partial charge is 0.175 e. The predicted molar refractivity (Wildman–Crippen MR) is 124 cm³/mol. The van der Waals surface area contributed by atoms with Gasteiger partial charge in [-0.25, -0.2) is 22.8 Å². The maximum Gasteiger partial charge on any atom is 0.175 e. The van der Waals surface area contributed by atoms with Gasteiger partial charge in [-0.3, -0.25) is 0 Å². The third-order valence-electron chi connectivity index (χ3n) is 5.41. The molecule has 0 amide bonds. The largest absolute Gasteiger partial charge is 0.237 e. The predicted octanol–water partition coefficient (Wildman–Crippen LogP) is 4.24. The highest BCUT2D eigenvalue weighted by Crippen LogP contribution is 2.29. The van der Waals surface area contributed by atoms with Crippen LogP contribution in [0.5, 0.6) is 0 Å². The Balaban J connectivity index is 1.63. The van der Waals surface area contributed by atoms with Crippen LogP contribution in [0.15, 0.2) is 84.0 Å². The zero-order valence-corrected chi connectivity index (χ0v) is 18.5. The van der Waals surface area contributed by atoms with Gasteiger partial charge in [0.2, 0.25) is 0 Å². The van der Waals surface area contributed by atoms with Gasteiger partial charge in [0.15, 0.2) is 15.7 Å². The summed E-state index contributed by atoms with van der Waals surface area (Å²) in [5, 5.41) is 10.3. The van der Waals surface area contributed by atoms with E-state index in [0.717, 1.165) is 45.8 Å². The number of sulfone groups is 1. The van der Waals surface area contributed by atoms with Gasteiger partial charge < -0.3 is 0 Å². The van der Waals surface area contributed by atoms with E-state index in [1.54, 1.807) is 41.3 Å². The second-order valence-corrected chi connectivity index (χ2v) is 9.54. The number of aromatic nitrogens is 5. The number of nitrogens with zero attached hydrogens (tertiary/aromatic N) is 5. The molecule has 32 heavy (non-hydrogen) atoms. The molecule has 3 heterocycles. The minimum atomic E-state index is -3.25. The molecule has 5 rings (SSSR count). The average Bonchev–Trinajstić information content (AvgIpc) is 3.44.